The van der Waals surface area contributed by atoms with Crippen molar-refractivity contribution in [2.24, 2.45) is 0 Å². The van der Waals surface area contributed by atoms with E-state index in [1.165, 1.54) is 5.56 Å². The van der Waals surface area contributed by atoms with Crippen molar-refractivity contribution in [2.45, 2.75) is 19.4 Å². The summed E-state index contributed by atoms with van der Waals surface area (Å²) in [6.45, 7) is 3.51. The Bertz CT molecular complexity index is 907. The Labute approximate surface area is 151 Å². The maximum absolute atomic E-state index is 12.6. The second-order valence-electron chi connectivity index (χ2n) is 6.47. The minimum atomic E-state index is -0.120. The number of rotatable bonds is 3. The van der Waals surface area contributed by atoms with Crippen molar-refractivity contribution in [2.75, 3.05) is 25.0 Å². The van der Waals surface area contributed by atoms with Crippen molar-refractivity contribution in [1.29, 1.82) is 0 Å². The highest BCUT2D eigenvalue weighted by atomic mass is 16.5. The van der Waals surface area contributed by atoms with Gasteiger partial charge in [0.05, 0.1) is 12.7 Å². The predicted molar refractivity (Wildman–Crippen MR) is 99.2 cm³/mol. The van der Waals surface area contributed by atoms with Gasteiger partial charge in [-0.1, -0.05) is 30.3 Å². The van der Waals surface area contributed by atoms with Gasteiger partial charge in [0, 0.05) is 32.1 Å². The fraction of sp³-hybridized carbons (Fsp3) is 0.300. The summed E-state index contributed by atoms with van der Waals surface area (Å²) < 4.78 is 11.3. The molecule has 2 amide bonds. The molecule has 1 unspecified atom stereocenters. The third-order valence-electron chi connectivity index (χ3n) is 4.48. The molecule has 0 radical (unpaired) electrons. The molecular weight excluding hydrogens is 330 g/mol. The minimum Gasteiger partial charge on any atom is -0.441 e. The average molecular weight is 351 g/mol. The van der Waals surface area contributed by atoms with Gasteiger partial charge in [-0.2, -0.15) is 0 Å². The van der Waals surface area contributed by atoms with Gasteiger partial charge < -0.3 is 19.4 Å². The molecule has 2 heterocycles. The van der Waals surface area contributed by atoms with Crippen LogP contribution in [0.2, 0.25) is 0 Å². The number of oxazole rings is 1. The van der Waals surface area contributed by atoms with E-state index < -0.39 is 0 Å². The number of amides is 2. The summed E-state index contributed by atoms with van der Waals surface area (Å²) in [4.78, 5) is 18.7. The van der Waals surface area contributed by atoms with E-state index in [0.29, 0.717) is 31.3 Å². The van der Waals surface area contributed by atoms with Crippen LogP contribution in [-0.4, -0.2) is 41.7 Å². The third-order valence-corrected chi connectivity index (χ3v) is 4.48. The molecule has 134 valence electrons. The number of nitrogens with one attached hydrogen (secondary N) is 1. The van der Waals surface area contributed by atoms with Gasteiger partial charge in [0.1, 0.15) is 5.52 Å². The molecule has 1 aliphatic heterocycles. The molecule has 1 fully saturated rings. The van der Waals surface area contributed by atoms with Crippen LogP contribution in [0.4, 0.5) is 10.5 Å². The van der Waals surface area contributed by atoms with Crippen molar-refractivity contribution in [3.63, 3.8) is 0 Å². The lowest BCUT2D eigenvalue weighted by Crippen LogP contribution is -2.48. The SMILES string of the molecule is Cc1nc2cc(NC(=O)N3CCOC(Cc4ccccc4)C3)ccc2o1. The molecule has 2 aromatic carbocycles. The first-order valence-corrected chi connectivity index (χ1v) is 8.76. The Morgan fingerprint density at radius 1 is 1.27 bits per heavy atom. The molecule has 3 aromatic rings. The first-order chi connectivity index (χ1) is 12.7. The molecule has 0 bridgehead atoms. The number of aromatic nitrogens is 1. The van der Waals surface area contributed by atoms with Crippen LogP contribution in [0.25, 0.3) is 11.1 Å². The standard InChI is InChI=1S/C20H21N3O3/c1-14-21-18-12-16(7-8-19(18)26-14)22-20(24)23-9-10-25-17(13-23)11-15-5-3-2-4-6-15/h2-8,12,17H,9-11,13H2,1H3,(H,22,24). The van der Waals surface area contributed by atoms with Crippen molar-refractivity contribution in [1.82, 2.24) is 9.88 Å². The van der Waals surface area contributed by atoms with Crippen LogP contribution in [0.15, 0.2) is 52.9 Å². The molecule has 4 rings (SSSR count). The summed E-state index contributed by atoms with van der Waals surface area (Å²) in [6, 6.07) is 15.5. The number of nitrogens with zero attached hydrogens (tertiary/aromatic N) is 2. The van der Waals surface area contributed by atoms with Gasteiger partial charge in [-0.3, -0.25) is 0 Å². The molecule has 1 aliphatic rings. The molecule has 1 atom stereocenters. The van der Waals surface area contributed by atoms with Gasteiger partial charge in [-0.15, -0.1) is 0 Å². The highest BCUT2D eigenvalue weighted by Crippen LogP contribution is 2.20. The van der Waals surface area contributed by atoms with E-state index in [2.05, 4.69) is 22.4 Å². The minimum absolute atomic E-state index is 0.0116. The van der Waals surface area contributed by atoms with E-state index >= 15 is 0 Å². The first kappa shape index (κ1) is 16.6. The number of hydrogen-bond donors (Lipinski definition) is 1. The number of morpholine rings is 1. The number of hydrogen-bond acceptors (Lipinski definition) is 4. The van der Waals surface area contributed by atoms with Crippen molar-refractivity contribution in [3.8, 4) is 0 Å². The number of urea groups is 1. The molecule has 0 saturated carbocycles. The second kappa shape index (κ2) is 7.17. The number of carbonyl (C=O) groups excluding carboxylic acids is 1. The topological polar surface area (TPSA) is 67.6 Å². The second-order valence-corrected chi connectivity index (χ2v) is 6.47. The summed E-state index contributed by atoms with van der Waals surface area (Å²) >= 11 is 0. The Morgan fingerprint density at radius 3 is 2.96 bits per heavy atom. The normalized spacial score (nSPS) is 17.4. The molecule has 6 nitrogen and oxygen atoms in total. The van der Waals surface area contributed by atoms with Gasteiger partial charge >= 0.3 is 6.03 Å². The van der Waals surface area contributed by atoms with Gasteiger partial charge in [0.2, 0.25) is 0 Å². The molecule has 1 aromatic heterocycles. The number of benzene rings is 2. The van der Waals surface area contributed by atoms with Gasteiger partial charge in [-0.05, 0) is 23.8 Å². The molecule has 1 N–H and O–H groups in total. The highest BCUT2D eigenvalue weighted by molar-refractivity contribution is 5.91. The summed E-state index contributed by atoms with van der Waals surface area (Å²) in [5, 5.41) is 2.95. The van der Waals surface area contributed by atoms with Crippen molar-refractivity contribution < 1.29 is 13.9 Å². The maximum Gasteiger partial charge on any atom is 0.322 e. The monoisotopic (exact) mass is 351 g/mol. The summed E-state index contributed by atoms with van der Waals surface area (Å²) in [5.41, 5.74) is 3.38. The lowest BCUT2D eigenvalue weighted by Gasteiger charge is -2.33. The molecule has 26 heavy (non-hydrogen) atoms. The number of anilines is 1. The Kier molecular flexibility index (Phi) is 4.58. The number of ether oxygens (including phenoxy) is 1. The quantitative estimate of drug-likeness (QED) is 0.783. The average Bonchev–Trinajstić information content (AvgIpc) is 3.02. The summed E-state index contributed by atoms with van der Waals surface area (Å²) in [7, 11) is 0. The van der Waals surface area contributed by atoms with Crippen LogP contribution >= 0.6 is 0 Å². The van der Waals surface area contributed by atoms with Crippen molar-refractivity contribution >= 4 is 22.8 Å². The van der Waals surface area contributed by atoms with E-state index in [1.54, 1.807) is 11.8 Å². The van der Waals surface area contributed by atoms with Crippen LogP contribution in [0.1, 0.15) is 11.5 Å². The van der Waals surface area contributed by atoms with E-state index in [0.717, 1.165) is 17.5 Å². The van der Waals surface area contributed by atoms with E-state index in [-0.39, 0.29) is 12.1 Å². The summed E-state index contributed by atoms with van der Waals surface area (Å²) in [6.07, 6.45) is 0.812. The van der Waals surface area contributed by atoms with Gasteiger partial charge in [0.15, 0.2) is 11.5 Å². The molecule has 6 heteroatoms. The molecule has 0 spiro atoms. The van der Waals surface area contributed by atoms with Crippen LogP contribution in [0.5, 0.6) is 0 Å². The van der Waals surface area contributed by atoms with E-state index in [9.17, 15) is 4.79 Å². The van der Waals surface area contributed by atoms with Crippen LogP contribution in [-0.2, 0) is 11.2 Å². The zero-order valence-corrected chi connectivity index (χ0v) is 14.6. The molecule has 0 aliphatic carbocycles. The van der Waals surface area contributed by atoms with Gasteiger partial charge in [0.25, 0.3) is 0 Å². The first-order valence-electron chi connectivity index (χ1n) is 8.76. The van der Waals surface area contributed by atoms with Gasteiger partial charge in [-0.25, -0.2) is 9.78 Å². The number of aryl methyl sites for hydroxylation is 1. The summed E-state index contributed by atoms with van der Waals surface area (Å²) in [5.74, 6) is 0.611. The predicted octanol–water partition coefficient (Wildman–Crippen LogP) is 3.61. The van der Waals surface area contributed by atoms with E-state index in [1.807, 2.05) is 36.4 Å². The lowest BCUT2D eigenvalue weighted by atomic mass is 10.1. The smallest absolute Gasteiger partial charge is 0.322 e. The lowest BCUT2D eigenvalue weighted by molar-refractivity contribution is -0.0113. The third kappa shape index (κ3) is 3.70. The fourth-order valence-electron chi connectivity index (χ4n) is 3.23. The highest BCUT2D eigenvalue weighted by Gasteiger charge is 2.24. The van der Waals surface area contributed by atoms with E-state index in [4.69, 9.17) is 9.15 Å². The van der Waals surface area contributed by atoms with Crippen LogP contribution in [0.3, 0.4) is 0 Å². The maximum atomic E-state index is 12.6. The zero-order valence-electron chi connectivity index (χ0n) is 14.6. The van der Waals surface area contributed by atoms with Crippen molar-refractivity contribution in [3.05, 3.63) is 60.0 Å². The van der Waals surface area contributed by atoms with Crippen LogP contribution in [0, 0.1) is 6.92 Å². The largest absolute Gasteiger partial charge is 0.441 e. The number of carbonyl (C=O) groups is 1. The molecule has 1 saturated heterocycles. The Morgan fingerprint density at radius 2 is 2.12 bits per heavy atom. The Hall–Kier alpha value is -2.86. The Balaban J connectivity index is 1.40. The fourth-order valence-corrected chi connectivity index (χ4v) is 3.23. The molecular formula is C20H21N3O3. The zero-order chi connectivity index (χ0) is 17.9. The number of fused-ring (bicyclic) bond motifs is 1. The van der Waals surface area contributed by atoms with Crippen LogP contribution < -0.4 is 5.32 Å².